The highest BCUT2D eigenvalue weighted by atomic mass is 79.9. The summed E-state index contributed by atoms with van der Waals surface area (Å²) in [4.78, 5) is 14.0. The van der Waals surface area contributed by atoms with Gasteiger partial charge in [0, 0.05) is 11.0 Å². The van der Waals surface area contributed by atoms with Crippen LogP contribution in [0.25, 0.3) is 0 Å². The van der Waals surface area contributed by atoms with E-state index in [2.05, 4.69) is 21.2 Å². The Morgan fingerprint density at radius 1 is 1.15 bits per heavy atom. The van der Waals surface area contributed by atoms with Gasteiger partial charge in [-0.2, -0.15) is 13.2 Å². The van der Waals surface area contributed by atoms with Crippen molar-refractivity contribution in [3.63, 3.8) is 0 Å². The van der Waals surface area contributed by atoms with Crippen LogP contribution in [-0.2, 0) is 11.0 Å². The van der Waals surface area contributed by atoms with E-state index in [4.69, 9.17) is 4.74 Å². The highest BCUT2D eigenvalue weighted by molar-refractivity contribution is 9.10. The van der Waals surface area contributed by atoms with Crippen molar-refractivity contribution < 1.29 is 22.7 Å². The van der Waals surface area contributed by atoms with Crippen molar-refractivity contribution in [2.45, 2.75) is 13.1 Å². The molecule has 0 aliphatic heterocycles. The van der Waals surface area contributed by atoms with Crippen LogP contribution >= 0.6 is 15.9 Å². The fourth-order valence-corrected chi connectivity index (χ4v) is 2.67. The maximum Gasteiger partial charge on any atom is 0.418 e. The predicted molar refractivity (Wildman–Crippen MR) is 102 cm³/mol. The van der Waals surface area contributed by atoms with E-state index in [9.17, 15) is 18.0 Å². The van der Waals surface area contributed by atoms with Crippen molar-refractivity contribution in [2.75, 3.05) is 31.6 Å². The van der Waals surface area contributed by atoms with Gasteiger partial charge in [-0.05, 0) is 42.9 Å². The first-order valence-electron chi connectivity index (χ1n) is 8.36. The van der Waals surface area contributed by atoms with Gasteiger partial charge in [0.05, 0.1) is 17.8 Å². The molecule has 0 radical (unpaired) electrons. The molecule has 2 rings (SSSR count). The normalized spacial score (nSPS) is 11.5. The van der Waals surface area contributed by atoms with Gasteiger partial charge in [0.25, 0.3) is 0 Å². The van der Waals surface area contributed by atoms with Gasteiger partial charge in [-0.1, -0.05) is 35.0 Å². The monoisotopic (exact) mass is 444 g/mol. The van der Waals surface area contributed by atoms with Crippen LogP contribution in [0.15, 0.2) is 53.0 Å². The number of anilines is 1. The second kappa shape index (κ2) is 9.75. The molecule has 0 bridgehead atoms. The summed E-state index contributed by atoms with van der Waals surface area (Å²) in [5.41, 5.74) is -1.10. The molecule has 0 saturated carbocycles. The smallest absolute Gasteiger partial charge is 0.418 e. The SMILES string of the molecule is CCN(CCOc1ccc(Br)cc1)CC(=O)Nc1ccccc1C(F)(F)F. The summed E-state index contributed by atoms with van der Waals surface area (Å²) in [6.45, 7) is 3.25. The fraction of sp³-hybridized carbons (Fsp3) is 0.316. The molecule has 1 amide bonds. The molecule has 27 heavy (non-hydrogen) atoms. The van der Waals surface area contributed by atoms with E-state index in [1.807, 2.05) is 31.2 Å². The van der Waals surface area contributed by atoms with Crippen molar-refractivity contribution in [2.24, 2.45) is 0 Å². The molecule has 2 aromatic carbocycles. The summed E-state index contributed by atoms with van der Waals surface area (Å²) in [6, 6.07) is 12.3. The minimum absolute atomic E-state index is 0.0214. The molecular formula is C19H20BrF3N2O2. The summed E-state index contributed by atoms with van der Waals surface area (Å²) < 4.78 is 45.6. The Morgan fingerprint density at radius 3 is 2.44 bits per heavy atom. The van der Waals surface area contributed by atoms with Gasteiger partial charge in [-0.15, -0.1) is 0 Å². The van der Waals surface area contributed by atoms with Crippen molar-refractivity contribution >= 4 is 27.5 Å². The molecule has 2 aromatic rings. The Labute approximate surface area is 164 Å². The second-order valence-electron chi connectivity index (χ2n) is 5.76. The maximum atomic E-state index is 13.0. The van der Waals surface area contributed by atoms with Crippen molar-refractivity contribution in [3.8, 4) is 5.75 Å². The predicted octanol–water partition coefficient (Wildman–Crippen LogP) is 4.81. The number of halogens is 4. The number of hydrogen-bond donors (Lipinski definition) is 1. The average Bonchev–Trinajstić information content (AvgIpc) is 2.62. The number of benzene rings is 2. The highest BCUT2D eigenvalue weighted by Gasteiger charge is 2.33. The van der Waals surface area contributed by atoms with Crippen molar-refractivity contribution in [1.29, 1.82) is 0 Å². The molecule has 0 aromatic heterocycles. The number of rotatable bonds is 8. The zero-order valence-corrected chi connectivity index (χ0v) is 16.3. The number of hydrogen-bond acceptors (Lipinski definition) is 3. The molecule has 8 heteroatoms. The third-order valence-corrected chi connectivity index (χ3v) is 4.34. The van der Waals surface area contributed by atoms with Gasteiger partial charge in [0.15, 0.2) is 0 Å². The zero-order valence-electron chi connectivity index (χ0n) is 14.7. The quantitative estimate of drug-likeness (QED) is 0.635. The van der Waals surface area contributed by atoms with Gasteiger partial charge >= 0.3 is 6.18 Å². The summed E-state index contributed by atoms with van der Waals surface area (Å²) >= 11 is 3.34. The number of ether oxygens (including phenoxy) is 1. The van der Waals surface area contributed by atoms with Crippen LogP contribution in [-0.4, -0.2) is 37.0 Å². The number of alkyl halides is 3. The van der Waals surface area contributed by atoms with Crippen molar-refractivity contribution in [3.05, 3.63) is 58.6 Å². The molecule has 0 saturated heterocycles. The number of nitrogens with one attached hydrogen (secondary N) is 1. The minimum atomic E-state index is -4.52. The fourth-order valence-electron chi connectivity index (χ4n) is 2.40. The summed E-state index contributed by atoms with van der Waals surface area (Å²) in [5.74, 6) is 0.204. The number of carbonyl (C=O) groups is 1. The third kappa shape index (κ3) is 6.88. The van der Waals surface area contributed by atoms with E-state index in [0.29, 0.717) is 25.4 Å². The Kier molecular flexibility index (Phi) is 7.67. The van der Waals surface area contributed by atoms with Crippen LogP contribution in [0.5, 0.6) is 5.75 Å². The Bertz CT molecular complexity index is 751. The molecule has 0 fully saturated rings. The summed E-state index contributed by atoms with van der Waals surface area (Å²) in [6.07, 6.45) is -4.52. The average molecular weight is 445 g/mol. The topological polar surface area (TPSA) is 41.6 Å². The largest absolute Gasteiger partial charge is 0.492 e. The maximum absolute atomic E-state index is 13.0. The molecule has 0 aliphatic carbocycles. The molecule has 146 valence electrons. The lowest BCUT2D eigenvalue weighted by atomic mass is 10.1. The van der Waals surface area contributed by atoms with E-state index < -0.39 is 17.6 Å². The van der Waals surface area contributed by atoms with Crippen molar-refractivity contribution in [1.82, 2.24) is 4.90 Å². The third-order valence-electron chi connectivity index (χ3n) is 3.81. The number of carbonyl (C=O) groups excluding carboxylic acids is 1. The molecule has 0 spiro atoms. The molecule has 4 nitrogen and oxygen atoms in total. The van der Waals surface area contributed by atoms with Crippen LogP contribution in [0, 0.1) is 0 Å². The molecule has 0 unspecified atom stereocenters. The first-order chi connectivity index (χ1) is 12.8. The first-order valence-corrected chi connectivity index (χ1v) is 9.15. The van der Waals surface area contributed by atoms with Gasteiger partial charge in [0.1, 0.15) is 12.4 Å². The van der Waals surface area contributed by atoms with Crippen LogP contribution in [0.4, 0.5) is 18.9 Å². The number of likely N-dealkylation sites (N-methyl/N-ethyl adjacent to an activating group) is 1. The molecular weight excluding hydrogens is 425 g/mol. The molecule has 0 atom stereocenters. The lowest BCUT2D eigenvalue weighted by Gasteiger charge is -2.21. The van der Waals surface area contributed by atoms with Gasteiger partial charge in [-0.25, -0.2) is 0 Å². The summed E-state index contributed by atoms with van der Waals surface area (Å²) in [7, 11) is 0. The standard InChI is InChI=1S/C19H20BrF3N2O2/c1-2-25(11-12-27-15-9-7-14(20)8-10-15)13-18(26)24-17-6-4-3-5-16(17)19(21,22)23/h3-10H,2,11-13H2,1H3,(H,24,26). The van der Waals surface area contributed by atoms with Gasteiger partial charge < -0.3 is 10.1 Å². The Balaban J connectivity index is 1.87. The van der Waals surface area contributed by atoms with E-state index in [1.54, 1.807) is 4.90 Å². The lowest BCUT2D eigenvalue weighted by molar-refractivity contribution is -0.137. The first kappa shape index (κ1) is 21.2. The van der Waals surface area contributed by atoms with Crippen LogP contribution < -0.4 is 10.1 Å². The number of amides is 1. The lowest BCUT2D eigenvalue weighted by Crippen LogP contribution is -2.36. The molecule has 1 N–H and O–H groups in total. The summed E-state index contributed by atoms with van der Waals surface area (Å²) in [5, 5.41) is 2.35. The van der Waals surface area contributed by atoms with E-state index in [0.717, 1.165) is 10.5 Å². The van der Waals surface area contributed by atoms with E-state index in [1.165, 1.54) is 18.2 Å². The zero-order chi connectivity index (χ0) is 19.9. The van der Waals surface area contributed by atoms with E-state index >= 15 is 0 Å². The molecule has 0 aliphatic rings. The van der Waals surface area contributed by atoms with E-state index in [-0.39, 0.29) is 12.2 Å². The number of nitrogens with zero attached hydrogens (tertiary/aromatic N) is 1. The Morgan fingerprint density at radius 2 is 1.81 bits per heavy atom. The second-order valence-corrected chi connectivity index (χ2v) is 6.68. The van der Waals surface area contributed by atoms with Gasteiger partial charge in [0.2, 0.25) is 5.91 Å². The van der Waals surface area contributed by atoms with Gasteiger partial charge in [-0.3, -0.25) is 9.69 Å². The Hall–Kier alpha value is -2.06. The minimum Gasteiger partial charge on any atom is -0.492 e. The molecule has 0 heterocycles. The van der Waals surface area contributed by atoms with Crippen LogP contribution in [0.1, 0.15) is 12.5 Å². The van der Waals surface area contributed by atoms with Crippen LogP contribution in [0.2, 0.25) is 0 Å². The van der Waals surface area contributed by atoms with Crippen LogP contribution in [0.3, 0.4) is 0 Å². The number of para-hydroxylation sites is 1. The highest BCUT2D eigenvalue weighted by Crippen LogP contribution is 2.34.